The molecular formula is C51H75N5O9. The van der Waals surface area contributed by atoms with E-state index >= 15 is 0 Å². The van der Waals surface area contributed by atoms with Crippen LogP contribution in [0.1, 0.15) is 125 Å². The highest BCUT2D eigenvalue weighted by Gasteiger charge is 2.47. The number of nitrogens with zero attached hydrogens (tertiary/aromatic N) is 2. The van der Waals surface area contributed by atoms with Crippen LogP contribution in [0.25, 0.3) is 0 Å². The number of rotatable bonds is 21. The van der Waals surface area contributed by atoms with E-state index < -0.39 is 53.2 Å². The quantitative estimate of drug-likeness (QED) is 0.109. The van der Waals surface area contributed by atoms with E-state index in [1.165, 1.54) is 0 Å². The first-order valence-electron chi connectivity index (χ1n) is 23.5. The van der Waals surface area contributed by atoms with Gasteiger partial charge in [0.25, 0.3) is 0 Å². The predicted molar refractivity (Wildman–Crippen MR) is 250 cm³/mol. The highest BCUT2D eigenvalue weighted by atomic mass is 16.6. The summed E-state index contributed by atoms with van der Waals surface area (Å²) in [5, 5.41) is 8.56. The first kappa shape index (κ1) is 52.4. The third-order valence-electron chi connectivity index (χ3n) is 12.0. The van der Waals surface area contributed by atoms with Crippen LogP contribution in [0.5, 0.6) is 0 Å². The van der Waals surface area contributed by atoms with Gasteiger partial charge in [0.1, 0.15) is 11.2 Å². The third kappa shape index (κ3) is 17.9. The highest BCUT2D eigenvalue weighted by molar-refractivity contribution is 5.95. The molecule has 2 fully saturated rings. The van der Waals surface area contributed by atoms with Crippen LogP contribution in [0.4, 0.5) is 9.59 Å². The average molecular weight is 902 g/mol. The molecule has 5 amide bonds. The van der Waals surface area contributed by atoms with Crippen LogP contribution in [0.2, 0.25) is 0 Å². The number of benzene rings is 2. The van der Waals surface area contributed by atoms with Gasteiger partial charge in [-0.25, -0.2) is 9.59 Å². The van der Waals surface area contributed by atoms with E-state index in [-0.39, 0.29) is 60.4 Å². The summed E-state index contributed by atoms with van der Waals surface area (Å²) in [5.74, 6) is -2.66. The first-order chi connectivity index (χ1) is 30.5. The fraction of sp³-hybridized carbons (Fsp3) is 0.627. The smallest absolute Gasteiger partial charge is 0.408 e. The minimum atomic E-state index is -0.987. The number of likely N-dealkylation sites (tertiary alicyclic amines) is 2. The Balaban J connectivity index is 1.53. The molecule has 0 radical (unpaired) electrons. The Morgan fingerprint density at radius 1 is 0.662 bits per heavy atom. The molecule has 2 aromatic carbocycles. The number of unbranched alkanes of at least 4 members (excludes halogenated alkanes) is 1. The molecule has 4 atom stereocenters. The molecule has 14 heteroatoms. The number of hydrogen-bond acceptors (Lipinski definition) is 9. The van der Waals surface area contributed by atoms with Crippen LogP contribution < -0.4 is 16.0 Å². The van der Waals surface area contributed by atoms with Gasteiger partial charge in [-0.15, -0.1) is 0 Å². The van der Waals surface area contributed by atoms with E-state index in [9.17, 15) is 33.6 Å². The Kier molecular flexibility index (Phi) is 19.2. The molecule has 0 saturated carbocycles. The molecule has 1 spiro atoms. The second-order valence-electron chi connectivity index (χ2n) is 20.6. The highest BCUT2D eigenvalue weighted by Crippen LogP contribution is 2.41. The molecule has 2 aromatic rings. The summed E-state index contributed by atoms with van der Waals surface area (Å²) in [6, 6.07) is 16.8. The number of ether oxygens (including phenoxy) is 2. The maximum absolute atomic E-state index is 14.5. The van der Waals surface area contributed by atoms with E-state index in [0.29, 0.717) is 58.4 Å². The van der Waals surface area contributed by atoms with Gasteiger partial charge in [-0.05, 0) is 104 Å². The molecule has 358 valence electrons. The van der Waals surface area contributed by atoms with Gasteiger partial charge in [-0.1, -0.05) is 80.9 Å². The number of alkyl carbamates (subject to hydrolysis) is 2. The summed E-state index contributed by atoms with van der Waals surface area (Å²) < 4.78 is 10.9. The molecule has 2 aliphatic rings. The van der Waals surface area contributed by atoms with Gasteiger partial charge in [0.2, 0.25) is 17.7 Å². The number of carbonyl (C=O) groups excluding carboxylic acids is 7. The summed E-state index contributed by atoms with van der Waals surface area (Å²) in [6.45, 7) is 18.9. The number of piperidine rings is 1. The number of hydrogen-bond donors (Lipinski definition) is 3. The van der Waals surface area contributed by atoms with Crippen molar-refractivity contribution in [1.29, 1.82) is 0 Å². The van der Waals surface area contributed by atoms with E-state index in [1.807, 2.05) is 84.3 Å². The Morgan fingerprint density at radius 3 is 1.72 bits per heavy atom. The lowest BCUT2D eigenvalue weighted by atomic mass is 9.71. The fourth-order valence-corrected chi connectivity index (χ4v) is 8.60. The zero-order valence-corrected chi connectivity index (χ0v) is 40.3. The number of carbonyl (C=O) groups is 7. The van der Waals surface area contributed by atoms with Gasteiger partial charge in [-0.3, -0.25) is 24.0 Å². The van der Waals surface area contributed by atoms with Crippen LogP contribution in [0.15, 0.2) is 60.7 Å². The molecule has 0 aliphatic carbocycles. The number of ketones is 2. The van der Waals surface area contributed by atoms with Crippen molar-refractivity contribution in [3.8, 4) is 0 Å². The normalized spacial score (nSPS) is 16.6. The zero-order valence-electron chi connectivity index (χ0n) is 40.3. The topological polar surface area (TPSA) is 181 Å². The van der Waals surface area contributed by atoms with E-state index in [4.69, 9.17) is 9.47 Å². The van der Waals surface area contributed by atoms with Crippen molar-refractivity contribution in [2.24, 2.45) is 23.2 Å². The van der Waals surface area contributed by atoms with Crippen molar-refractivity contribution in [3.05, 3.63) is 71.8 Å². The Bertz CT molecular complexity index is 1910. The monoisotopic (exact) mass is 902 g/mol. The third-order valence-corrected chi connectivity index (χ3v) is 12.0. The van der Waals surface area contributed by atoms with Crippen molar-refractivity contribution in [2.75, 3.05) is 32.7 Å². The van der Waals surface area contributed by atoms with Crippen LogP contribution >= 0.6 is 0 Å². The van der Waals surface area contributed by atoms with Crippen LogP contribution in [-0.4, -0.2) is 107 Å². The fourth-order valence-electron chi connectivity index (χ4n) is 8.60. The van der Waals surface area contributed by atoms with E-state index in [1.54, 1.807) is 48.5 Å². The number of Topliss-reactive ketones (excluding diaryl/α,β-unsaturated/α-hetero) is 2. The zero-order chi connectivity index (χ0) is 48.0. The van der Waals surface area contributed by atoms with E-state index in [0.717, 1.165) is 24.0 Å². The number of nitrogens with one attached hydrogen (secondary N) is 3. The largest absolute Gasteiger partial charge is 0.444 e. The minimum Gasteiger partial charge on any atom is -0.444 e. The van der Waals surface area contributed by atoms with Gasteiger partial charge in [0, 0.05) is 69.7 Å². The molecule has 0 aromatic heterocycles. The lowest BCUT2D eigenvalue weighted by Crippen LogP contribution is -2.62. The SMILES string of the molecule is CC(=O)N1CC2(CCN(C(=O)[C@@H](CCCCNC(=O)OC(C)(C)C)CC(=O)[C@@H](CC(C)C)NC(=O)[C@H](CC(=O)[C@@H](Cc3ccccc3)NC(=O)OC(C)(C)C)Cc3ccccc3)CC2)C1. The van der Waals surface area contributed by atoms with Gasteiger partial charge in [0.05, 0.1) is 12.1 Å². The van der Waals surface area contributed by atoms with Crippen LogP contribution in [-0.2, 0) is 46.3 Å². The molecule has 3 N–H and O–H groups in total. The van der Waals surface area contributed by atoms with Crippen molar-refractivity contribution in [2.45, 2.75) is 150 Å². The predicted octanol–water partition coefficient (Wildman–Crippen LogP) is 7.21. The summed E-state index contributed by atoms with van der Waals surface area (Å²) in [7, 11) is 0. The Morgan fingerprint density at radius 2 is 1.18 bits per heavy atom. The maximum atomic E-state index is 14.5. The van der Waals surface area contributed by atoms with Crippen LogP contribution in [0.3, 0.4) is 0 Å². The average Bonchev–Trinajstić information content (AvgIpc) is 3.20. The summed E-state index contributed by atoms with van der Waals surface area (Å²) >= 11 is 0. The molecule has 0 bridgehead atoms. The second kappa shape index (κ2) is 23.8. The molecule has 2 aliphatic heterocycles. The van der Waals surface area contributed by atoms with Gasteiger partial charge < -0.3 is 35.2 Å². The minimum absolute atomic E-state index is 0.00939. The Hall–Kier alpha value is -5.27. The number of amides is 5. The summed E-state index contributed by atoms with van der Waals surface area (Å²) in [4.78, 5) is 98.5. The second-order valence-corrected chi connectivity index (χ2v) is 20.6. The van der Waals surface area contributed by atoms with Crippen molar-refractivity contribution < 1.29 is 43.0 Å². The van der Waals surface area contributed by atoms with Gasteiger partial charge in [0.15, 0.2) is 11.6 Å². The van der Waals surface area contributed by atoms with E-state index in [2.05, 4.69) is 16.0 Å². The first-order valence-corrected chi connectivity index (χ1v) is 23.5. The van der Waals surface area contributed by atoms with Crippen molar-refractivity contribution >= 4 is 41.5 Å². The molecule has 0 unspecified atom stereocenters. The van der Waals surface area contributed by atoms with Gasteiger partial charge in [-0.2, -0.15) is 0 Å². The molecule has 4 rings (SSSR count). The van der Waals surface area contributed by atoms with Crippen molar-refractivity contribution in [3.63, 3.8) is 0 Å². The molecule has 14 nitrogen and oxygen atoms in total. The standard InChI is InChI=1S/C51H75N5O9/c1-35(2)28-41(43(58)31-39(22-16-17-25-52-47(62)64-49(4,5)6)46(61)55-26-23-51(24-27-55)33-56(34-51)36(3)57)53-45(60)40(29-37-18-12-10-13-19-37)32-44(59)42(30-38-20-14-11-15-21-38)54-48(63)65-50(7,8)9/h10-15,18-21,35,39-42H,16-17,22-34H2,1-9H3,(H,52,62)(H,53,60)(H,54,63)/t39-,40-,41+,42+/m0/s1. The molecule has 65 heavy (non-hydrogen) atoms. The molecular weight excluding hydrogens is 827 g/mol. The lowest BCUT2D eigenvalue weighted by Gasteiger charge is -2.54. The summed E-state index contributed by atoms with van der Waals surface area (Å²) in [6.07, 6.45) is 2.25. The van der Waals surface area contributed by atoms with Crippen molar-refractivity contribution in [1.82, 2.24) is 25.8 Å². The maximum Gasteiger partial charge on any atom is 0.408 e. The molecule has 2 saturated heterocycles. The van der Waals surface area contributed by atoms with Crippen LogP contribution in [0, 0.1) is 23.2 Å². The lowest BCUT2D eigenvalue weighted by molar-refractivity contribution is -0.150. The Labute approximate surface area is 386 Å². The van der Waals surface area contributed by atoms with Gasteiger partial charge >= 0.3 is 12.2 Å². The molecule has 2 heterocycles. The summed E-state index contributed by atoms with van der Waals surface area (Å²) in [5.41, 5.74) is 0.231.